The quantitative estimate of drug-likeness (QED) is 0.893. The first kappa shape index (κ1) is 17.4. The van der Waals surface area contributed by atoms with E-state index in [2.05, 4.69) is 15.9 Å². The van der Waals surface area contributed by atoms with E-state index in [0.717, 1.165) is 17.0 Å². The number of likely N-dealkylation sites (N-methyl/N-ethyl adjacent to an activating group) is 1. The van der Waals surface area contributed by atoms with E-state index in [4.69, 9.17) is 4.74 Å². The number of hydrogen-bond acceptors (Lipinski definition) is 3. The maximum Gasteiger partial charge on any atom is 0.411 e. The van der Waals surface area contributed by atoms with Gasteiger partial charge in [0.05, 0.1) is 0 Å². The van der Waals surface area contributed by atoms with E-state index in [1.165, 1.54) is 13.1 Å². The van der Waals surface area contributed by atoms with Gasteiger partial charge < -0.3 is 9.84 Å². The molecule has 0 heterocycles. The molecule has 0 saturated carbocycles. The summed E-state index contributed by atoms with van der Waals surface area (Å²) in [5, 5.41) is 9.37. The van der Waals surface area contributed by atoms with Crippen molar-refractivity contribution < 1.29 is 23.8 Å². The normalized spacial score (nSPS) is 12.7. The Morgan fingerprint density at radius 3 is 2.38 bits per heavy atom. The number of carboxylic acids is 1. The van der Waals surface area contributed by atoms with Crippen LogP contribution in [-0.2, 0) is 9.53 Å². The number of ether oxygens (including phenoxy) is 1. The van der Waals surface area contributed by atoms with Crippen LogP contribution in [0.15, 0.2) is 22.7 Å². The molecule has 0 aliphatic rings. The van der Waals surface area contributed by atoms with Crippen molar-refractivity contribution in [3.8, 4) is 0 Å². The summed E-state index contributed by atoms with van der Waals surface area (Å²) in [7, 11) is 1.32. The summed E-state index contributed by atoms with van der Waals surface area (Å²) in [4.78, 5) is 24.5. The van der Waals surface area contributed by atoms with Crippen molar-refractivity contribution in [2.24, 2.45) is 0 Å². The maximum absolute atomic E-state index is 13.1. The second-order valence-corrected chi connectivity index (χ2v) is 6.35. The van der Waals surface area contributed by atoms with Crippen LogP contribution in [0.5, 0.6) is 0 Å². The molecule has 1 aromatic carbocycles. The third kappa shape index (κ3) is 4.70. The topological polar surface area (TPSA) is 66.8 Å². The predicted octanol–water partition coefficient (Wildman–Crippen LogP) is 3.58. The minimum atomic E-state index is -1.28. The molecular formula is C14H17BrFNO4. The van der Waals surface area contributed by atoms with Gasteiger partial charge in [0.1, 0.15) is 11.4 Å². The third-order valence-corrected chi connectivity index (χ3v) is 3.25. The summed E-state index contributed by atoms with van der Waals surface area (Å²) in [5.41, 5.74) is -0.480. The number of carbonyl (C=O) groups excluding carboxylic acids is 1. The number of hydrogen-bond donors (Lipinski definition) is 1. The van der Waals surface area contributed by atoms with Gasteiger partial charge in [0.2, 0.25) is 0 Å². The summed E-state index contributed by atoms with van der Waals surface area (Å²) in [6.07, 6.45) is -0.772. The fraction of sp³-hybridized carbons (Fsp3) is 0.429. The van der Waals surface area contributed by atoms with Crippen molar-refractivity contribution in [3.05, 3.63) is 34.1 Å². The number of carbonyl (C=O) groups is 2. The van der Waals surface area contributed by atoms with Gasteiger partial charge in [0.15, 0.2) is 6.04 Å². The zero-order valence-corrected chi connectivity index (χ0v) is 13.8. The molecule has 1 atom stereocenters. The van der Waals surface area contributed by atoms with E-state index in [1.807, 2.05) is 0 Å². The molecule has 1 aromatic rings. The highest BCUT2D eigenvalue weighted by atomic mass is 79.9. The maximum atomic E-state index is 13.1. The van der Waals surface area contributed by atoms with Crippen LogP contribution in [0.2, 0.25) is 0 Å². The molecule has 0 radical (unpaired) electrons. The molecular weight excluding hydrogens is 345 g/mol. The van der Waals surface area contributed by atoms with E-state index >= 15 is 0 Å². The Morgan fingerprint density at radius 2 is 1.95 bits per heavy atom. The van der Waals surface area contributed by atoms with Crippen molar-refractivity contribution in [2.45, 2.75) is 32.4 Å². The second-order valence-electron chi connectivity index (χ2n) is 5.50. The van der Waals surface area contributed by atoms with Crippen molar-refractivity contribution in [1.82, 2.24) is 4.90 Å². The van der Waals surface area contributed by atoms with Crippen LogP contribution < -0.4 is 0 Å². The fourth-order valence-electron chi connectivity index (χ4n) is 1.67. The zero-order valence-electron chi connectivity index (χ0n) is 12.2. The second kappa shape index (κ2) is 6.43. The first-order valence-corrected chi connectivity index (χ1v) is 6.96. The molecule has 7 heteroatoms. The van der Waals surface area contributed by atoms with Gasteiger partial charge in [-0.2, -0.15) is 0 Å². The van der Waals surface area contributed by atoms with Gasteiger partial charge in [-0.05, 0) is 32.9 Å². The van der Waals surface area contributed by atoms with Crippen molar-refractivity contribution in [1.29, 1.82) is 0 Å². The number of rotatable bonds is 3. The standard InChI is InChI=1S/C14H17BrFNO4/c1-14(2,3)21-13(20)17(4)11(12(18)19)9-6-5-8(16)7-10(9)15/h5-7,11H,1-4H3,(H,18,19). The summed E-state index contributed by atoms with van der Waals surface area (Å²) in [5.74, 6) is -1.75. The first-order valence-electron chi connectivity index (χ1n) is 6.16. The Bertz CT molecular complexity index is 556. The summed E-state index contributed by atoms with van der Waals surface area (Å²) >= 11 is 3.11. The van der Waals surface area contributed by atoms with Crippen molar-refractivity contribution >= 4 is 28.0 Å². The number of aliphatic carboxylic acids is 1. The fourth-order valence-corrected chi connectivity index (χ4v) is 2.24. The van der Waals surface area contributed by atoms with Gasteiger partial charge in [0.25, 0.3) is 0 Å². The number of carboxylic acid groups (broad SMARTS) is 1. The Labute approximate surface area is 130 Å². The highest BCUT2D eigenvalue weighted by molar-refractivity contribution is 9.10. The SMILES string of the molecule is CN(C(=O)OC(C)(C)C)C(C(=O)O)c1ccc(F)cc1Br. The molecule has 5 nitrogen and oxygen atoms in total. The number of benzene rings is 1. The van der Waals surface area contributed by atoms with E-state index in [1.54, 1.807) is 20.8 Å². The van der Waals surface area contributed by atoms with Gasteiger partial charge in [-0.15, -0.1) is 0 Å². The molecule has 1 N–H and O–H groups in total. The molecule has 0 aliphatic carbocycles. The van der Waals surface area contributed by atoms with Gasteiger partial charge >= 0.3 is 12.1 Å². The molecule has 0 bridgehead atoms. The van der Waals surface area contributed by atoms with Crippen LogP contribution in [0.4, 0.5) is 9.18 Å². The molecule has 116 valence electrons. The molecule has 0 aliphatic heterocycles. The van der Waals surface area contributed by atoms with E-state index in [0.29, 0.717) is 0 Å². The van der Waals surface area contributed by atoms with Gasteiger partial charge in [0, 0.05) is 17.1 Å². The molecule has 1 rings (SSSR count). The van der Waals surface area contributed by atoms with Crippen LogP contribution in [0.1, 0.15) is 32.4 Å². The lowest BCUT2D eigenvalue weighted by Crippen LogP contribution is -2.39. The summed E-state index contributed by atoms with van der Waals surface area (Å²) < 4.78 is 18.5. The van der Waals surface area contributed by atoms with Crippen LogP contribution in [0.25, 0.3) is 0 Å². The summed E-state index contributed by atoms with van der Waals surface area (Å²) in [6, 6.07) is 2.32. The number of nitrogens with zero attached hydrogens (tertiary/aromatic N) is 1. The highest BCUT2D eigenvalue weighted by Gasteiger charge is 2.32. The van der Waals surface area contributed by atoms with Crippen molar-refractivity contribution in [2.75, 3.05) is 7.05 Å². The van der Waals surface area contributed by atoms with Crippen molar-refractivity contribution in [3.63, 3.8) is 0 Å². The largest absolute Gasteiger partial charge is 0.479 e. The average Bonchev–Trinajstić information content (AvgIpc) is 2.29. The molecule has 0 saturated heterocycles. The van der Waals surface area contributed by atoms with Gasteiger partial charge in [-0.25, -0.2) is 14.0 Å². The molecule has 1 amide bonds. The monoisotopic (exact) mass is 361 g/mol. The lowest BCUT2D eigenvalue weighted by atomic mass is 10.1. The lowest BCUT2D eigenvalue weighted by molar-refractivity contribution is -0.143. The Balaban J connectivity index is 3.12. The molecule has 0 spiro atoms. The summed E-state index contributed by atoms with van der Waals surface area (Å²) in [6.45, 7) is 5.05. The molecule has 0 aromatic heterocycles. The van der Waals surface area contributed by atoms with E-state index in [-0.39, 0.29) is 10.0 Å². The smallest absolute Gasteiger partial charge is 0.411 e. The third-order valence-electron chi connectivity index (χ3n) is 2.56. The molecule has 0 fully saturated rings. The average molecular weight is 362 g/mol. The predicted molar refractivity (Wildman–Crippen MR) is 78.5 cm³/mol. The Morgan fingerprint density at radius 1 is 1.38 bits per heavy atom. The van der Waals surface area contributed by atoms with Crippen LogP contribution in [-0.4, -0.2) is 34.7 Å². The number of halogens is 2. The Hall–Kier alpha value is -1.63. The Kier molecular flexibility index (Phi) is 5.33. The zero-order chi connectivity index (χ0) is 16.4. The molecule has 21 heavy (non-hydrogen) atoms. The molecule has 1 unspecified atom stereocenters. The first-order chi connectivity index (χ1) is 9.53. The minimum absolute atomic E-state index is 0.261. The van der Waals surface area contributed by atoms with E-state index in [9.17, 15) is 19.1 Å². The lowest BCUT2D eigenvalue weighted by Gasteiger charge is -2.29. The van der Waals surface area contributed by atoms with Crippen LogP contribution in [0, 0.1) is 5.82 Å². The van der Waals surface area contributed by atoms with Gasteiger partial charge in [-0.1, -0.05) is 22.0 Å². The van der Waals surface area contributed by atoms with Crippen LogP contribution in [0.3, 0.4) is 0 Å². The van der Waals surface area contributed by atoms with E-state index < -0.39 is 29.5 Å². The number of amides is 1. The van der Waals surface area contributed by atoms with Gasteiger partial charge in [-0.3, -0.25) is 4.90 Å². The van der Waals surface area contributed by atoms with Crippen LogP contribution >= 0.6 is 15.9 Å². The minimum Gasteiger partial charge on any atom is -0.479 e. The highest BCUT2D eigenvalue weighted by Crippen LogP contribution is 2.29.